The van der Waals surface area contributed by atoms with E-state index in [2.05, 4.69) is 4.52 Å². The minimum absolute atomic E-state index is 0.153. The summed E-state index contributed by atoms with van der Waals surface area (Å²) in [4.78, 5) is 0. The molecule has 0 aromatic carbocycles. The molecule has 0 saturated heterocycles. The standard InChI is InChI=1S/C5H13O5PS/c1-10-11(2,6)4-3-5-12(7,8)9/h3-5H2,1-2H3,(H,7,8,9). The lowest BCUT2D eigenvalue weighted by Crippen LogP contribution is -2.05. The van der Waals surface area contributed by atoms with Crippen LogP contribution in [0.5, 0.6) is 0 Å². The molecule has 0 spiro atoms. The average Bonchev–Trinajstić information content (AvgIpc) is 1.84. The van der Waals surface area contributed by atoms with Crippen molar-refractivity contribution in [2.45, 2.75) is 6.42 Å². The Morgan fingerprint density at radius 2 is 2.00 bits per heavy atom. The molecule has 0 bridgehead atoms. The maximum atomic E-state index is 11.2. The van der Waals surface area contributed by atoms with Crippen molar-refractivity contribution in [1.29, 1.82) is 0 Å². The van der Waals surface area contributed by atoms with Gasteiger partial charge in [-0.3, -0.25) is 9.12 Å². The molecular weight excluding hydrogens is 203 g/mol. The molecular formula is C5H13O5PS. The van der Waals surface area contributed by atoms with Crippen molar-refractivity contribution in [3.63, 3.8) is 0 Å². The molecule has 0 saturated carbocycles. The van der Waals surface area contributed by atoms with Crippen molar-refractivity contribution in [2.75, 3.05) is 25.7 Å². The number of hydrogen-bond donors (Lipinski definition) is 1. The normalized spacial score (nSPS) is 17.2. The molecule has 0 rings (SSSR count). The first kappa shape index (κ1) is 12.1. The van der Waals surface area contributed by atoms with Crippen LogP contribution in [0.4, 0.5) is 0 Å². The van der Waals surface area contributed by atoms with E-state index in [9.17, 15) is 13.0 Å². The van der Waals surface area contributed by atoms with Crippen LogP contribution < -0.4 is 0 Å². The minimum Gasteiger partial charge on any atom is -0.332 e. The summed E-state index contributed by atoms with van der Waals surface area (Å²) in [6.45, 7) is 1.43. The SMILES string of the molecule is COP(C)(=O)CCCS(=O)(=O)O. The molecule has 7 heteroatoms. The summed E-state index contributed by atoms with van der Waals surface area (Å²) in [5.74, 6) is -0.367. The van der Waals surface area contributed by atoms with E-state index in [-0.39, 0.29) is 18.3 Å². The van der Waals surface area contributed by atoms with Crippen LogP contribution in [0.1, 0.15) is 6.42 Å². The summed E-state index contributed by atoms with van der Waals surface area (Å²) in [6, 6.07) is 0. The third-order valence-electron chi connectivity index (χ3n) is 1.35. The molecule has 1 N–H and O–H groups in total. The van der Waals surface area contributed by atoms with E-state index in [1.807, 2.05) is 0 Å². The van der Waals surface area contributed by atoms with E-state index >= 15 is 0 Å². The average molecular weight is 216 g/mol. The monoisotopic (exact) mass is 216 g/mol. The topological polar surface area (TPSA) is 80.7 Å². The van der Waals surface area contributed by atoms with Gasteiger partial charge in [-0.15, -0.1) is 0 Å². The highest BCUT2D eigenvalue weighted by Gasteiger charge is 2.14. The molecule has 0 amide bonds. The van der Waals surface area contributed by atoms with Crippen molar-refractivity contribution in [3.8, 4) is 0 Å². The van der Waals surface area contributed by atoms with Crippen LogP contribution in [0.2, 0.25) is 0 Å². The van der Waals surface area contributed by atoms with E-state index in [0.717, 1.165) is 0 Å². The number of rotatable bonds is 5. The summed E-state index contributed by atoms with van der Waals surface area (Å²) in [5.41, 5.74) is 0. The van der Waals surface area contributed by atoms with Gasteiger partial charge in [-0.05, 0) is 6.42 Å². The van der Waals surface area contributed by atoms with Gasteiger partial charge in [0.1, 0.15) is 0 Å². The molecule has 0 aliphatic carbocycles. The maximum Gasteiger partial charge on any atom is 0.264 e. The van der Waals surface area contributed by atoms with Gasteiger partial charge in [-0.25, -0.2) is 0 Å². The Bertz CT molecular complexity index is 270. The zero-order valence-electron chi connectivity index (χ0n) is 7.06. The predicted molar refractivity (Wildman–Crippen MR) is 46.4 cm³/mol. The molecule has 1 unspecified atom stereocenters. The van der Waals surface area contributed by atoms with E-state index in [1.165, 1.54) is 13.8 Å². The van der Waals surface area contributed by atoms with Crippen LogP contribution in [-0.2, 0) is 19.2 Å². The zero-order chi connectivity index (χ0) is 9.83. The fourth-order valence-corrected chi connectivity index (χ4v) is 2.26. The molecule has 0 aromatic rings. The van der Waals surface area contributed by atoms with Gasteiger partial charge in [-0.1, -0.05) is 0 Å². The second-order valence-corrected chi connectivity index (χ2v) is 6.97. The largest absolute Gasteiger partial charge is 0.332 e. The fraction of sp³-hybridized carbons (Fsp3) is 1.00. The Kier molecular flexibility index (Phi) is 4.40. The van der Waals surface area contributed by atoms with Gasteiger partial charge in [0, 0.05) is 19.9 Å². The lowest BCUT2D eigenvalue weighted by molar-refractivity contribution is 0.398. The quantitative estimate of drug-likeness (QED) is 0.543. The highest BCUT2D eigenvalue weighted by molar-refractivity contribution is 7.85. The van der Waals surface area contributed by atoms with Gasteiger partial charge in [-0.2, -0.15) is 8.42 Å². The molecule has 74 valence electrons. The smallest absolute Gasteiger partial charge is 0.264 e. The predicted octanol–water partition coefficient (Wildman–Crippen LogP) is 0.819. The Morgan fingerprint density at radius 3 is 2.33 bits per heavy atom. The van der Waals surface area contributed by atoms with Gasteiger partial charge in [0.05, 0.1) is 5.75 Å². The molecule has 0 fully saturated rings. The second-order valence-electron chi connectivity index (χ2n) is 2.56. The Morgan fingerprint density at radius 1 is 1.50 bits per heavy atom. The lowest BCUT2D eigenvalue weighted by atomic mass is 10.6. The highest BCUT2D eigenvalue weighted by atomic mass is 32.2. The van der Waals surface area contributed by atoms with E-state index in [0.29, 0.717) is 0 Å². The molecule has 0 radical (unpaired) electrons. The molecule has 1 atom stereocenters. The summed E-state index contributed by atoms with van der Waals surface area (Å²) >= 11 is 0. The molecule has 0 aliphatic rings. The van der Waals surface area contributed by atoms with Gasteiger partial charge >= 0.3 is 0 Å². The van der Waals surface area contributed by atoms with Crippen molar-refractivity contribution in [2.24, 2.45) is 0 Å². The first-order valence-corrected chi connectivity index (χ1v) is 7.21. The Labute approximate surface area is 72.3 Å². The molecule has 0 aromatic heterocycles. The first-order valence-electron chi connectivity index (χ1n) is 3.34. The summed E-state index contributed by atoms with van der Waals surface area (Å²) in [7, 11) is -5.25. The third-order valence-corrected chi connectivity index (χ3v) is 4.06. The van der Waals surface area contributed by atoms with Crippen molar-refractivity contribution in [3.05, 3.63) is 0 Å². The summed E-state index contributed by atoms with van der Waals surface area (Å²) in [6.07, 6.45) is 0.323. The van der Waals surface area contributed by atoms with Crippen LogP contribution in [0.15, 0.2) is 0 Å². The van der Waals surface area contributed by atoms with E-state index < -0.39 is 17.5 Å². The first-order chi connectivity index (χ1) is 5.27. The van der Waals surface area contributed by atoms with Gasteiger partial charge < -0.3 is 4.52 Å². The third kappa shape index (κ3) is 6.79. The van der Waals surface area contributed by atoms with Crippen LogP contribution in [-0.4, -0.2) is 38.7 Å². The van der Waals surface area contributed by atoms with Gasteiger partial charge in [0.2, 0.25) is 0 Å². The lowest BCUT2D eigenvalue weighted by Gasteiger charge is -2.08. The fourth-order valence-electron chi connectivity index (χ4n) is 0.625. The summed E-state index contributed by atoms with van der Waals surface area (Å²) in [5, 5.41) is 0. The highest BCUT2D eigenvalue weighted by Crippen LogP contribution is 2.41. The van der Waals surface area contributed by atoms with E-state index in [1.54, 1.807) is 0 Å². The Balaban J connectivity index is 3.80. The summed E-state index contributed by atoms with van der Waals surface area (Å²) < 4.78 is 44.6. The second kappa shape index (κ2) is 4.37. The molecule has 5 nitrogen and oxygen atoms in total. The van der Waals surface area contributed by atoms with Crippen LogP contribution in [0.25, 0.3) is 0 Å². The maximum absolute atomic E-state index is 11.2. The van der Waals surface area contributed by atoms with Gasteiger partial charge in [0.15, 0.2) is 7.37 Å². The van der Waals surface area contributed by atoms with Crippen molar-refractivity contribution >= 4 is 17.5 Å². The number of hydrogen-bond acceptors (Lipinski definition) is 4. The molecule has 12 heavy (non-hydrogen) atoms. The van der Waals surface area contributed by atoms with E-state index in [4.69, 9.17) is 4.55 Å². The van der Waals surface area contributed by atoms with Crippen LogP contribution in [0.3, 0.4) is 0 Å². The minimum atomic E-state index is -3.93. The van der Waals surface area contributed by atoms with Crippen molar-refractivity contribution in [1.82, 2.24) is 0 Å². The van der Waals surface area contributed by atoms with Crippen molar-refractivity contribution < 1.29 is 22.1 Å². The Hall–Kier alpha value is 0.100. The molecule has 0 heterocycles. The van der Waals surface area contributed by atoms with Gasteiger partial charge in [0.25, 0.3) is 10.1 Å². The van der Waals surface area contributed by atoms with Crippen LogP contribution >= 0.6 is 7.37 Å². The zero-order valence-corrected chi connectivity index (χ0v) is 8.77. The molecule has 0 aliphatic heterocycles. The van der Waals surface area contributed by atoms with Crippen LogP contribution in [0, 0.1) is 0 Å².